The molecular weight excluding hydrogens is 364 g/mol. The van der Waals surface area contributed by atoms with E-state index in [4.69, 9.17) is 13.9 Å². The summed E-state index contributed by atoms with van der Waals surface area (Å²) in [7, 11) is 1.58. The van der Waals surface area contributed by atoms with Crippen molar-refractivity contribution in [3.8, 4) is 5.95 Å². The summed E-state index contributed by atoms with van der Waals surface area (Å²) in [6, 6.07) is 0. The van der Waals surface area contributed by atoms with Gasteiger partial charge in [-0.15, -0.1) is 0 Å². The maximum atomic E-state index is 13.1. The molecule has 5 atom stereocenters. The van der Waals surface area contributed by atoms with Crippen molar-refractivity contribution in [1.82, 2.24) is 0 Å². The first-order chi connectivity index (χ1) is 13.7. The summed E-state index contributed by atoms with van der Waals surface area (Å²) in [5, 5.41) is 0. The van der Waals surface area contributed by atoms with E-state index in [1.54, 1.807) is 7.11 Å². The third-order valence-corrected chi connectivity index (χ3v) is 8.44. The summed E-state index contributed by atoms with van der Waals surface area (Å²) in [6.07, 6.45) is 10.4. The van der Waals surface area contributed by atoms with Crippen molar-refractivity contribution in [3.63, 3.8) is 0 Å². The lowest BCUT2D eigenvalue weighted by Gasteiger charge is -2.61. The number of fused-ring (bicyclic) bond motifs is 3. The van der Waals surface area contributed by atoms with Gasteiger partial charge in [0.05, 0.1) is 18.9 Å². The summed E-state index contributed by atoms with van der Waals surface area (Å²) in [6.45, 7) is 12.9. The summed E-state index contributed by atoms with van der Waals surface area (Å²) in [5.41, 5.74) is 2.87. The van der Waals surface area contributed by atoms with Crippen LogP contribution in [0.3, 0.4) is 0 Å². The van der Waals surface area contributed by atoms with Gasteiger partial charge in [0, 0.05) is 11.0 Å². The highest BCUT2D eigenvalue weighted by Crippen LogP contribution is 2.63. The Morgan fingerprint density at radius 3 is 2.72 bits per heavy atom. The fourth-order valence-corrected chi connectivity index (χ4v) is 6.60. The minimum absolute atomic E-state index is 0.0490. The molecule has 3 aliphatic rings. The molecule has 29 heavy (non-hydrogen) atoms. The van der Waals surface area contributed by atoms with Crippen molar-refractivity contribution in [2.75, 3.05) is 7.11 Å². The van der Waals surface area contributed by atoms with E-state index in [9.17, 15) is 4.79 Å². The second-order valence-corrected chi connectivity index (χ2v) is 9.84. The van der Waals surface area contributed by atoms with E-state index in [0.717, 1.165) is 32.1 Å². The molecule has 158 valence electrons. The number of hydrogen-bond acceptors (Lipinski definition) is 4. The van der Waals surface area contributed by atoms with Crippen LogP contribution in [0.1, 0.15) is 62.8 Å². The predicted octanol–water partition coefficient (Wildman–Crippen LogP) is 5.50. The molecule has 1 aliphatic heterocycles. The zero-order valence-corrected chi connectivity index (χ0v) is 18.5. The van der Waals surface area contributed by atoms with Crippen molar-refractivity contribution >= 4 is 0 Å². The molecule has 0 spiro atoms. The maximum absolute atomic E-state index is 13.1. The Balaban J connectivity index is 1.75. The van der Waals surface area contributed by atoms with Gasteiger partial charge >= 0.3 is 0 Å². The minimum atomic E-state index is 0.0490. The molecule has 0 bridgehead atoms. The van der Waals surface area contributed by atoms with Crippen LogP contribution in [0, 0.1) is 36.5 Å². The highest BCUT2D eigenvalue weighted by molar-refractivity contribution is 5.33. The fourth-order valence-electron chi connectivity index (χ4n) is 6.60. The number of ether oxygens (including phenoxy) is 2. The molecule has 1 aromatic heterocycles. The Labute approximate surface area is 174 Å². The number of aryl methyl sites for hydroxylation is 1. The van der Waals surface area contributed by atoms with Crippen molar-refractivity contribution in [2.45, 2.75) is 72.3 Å². The average molecular weight is 399 g/mol. The molecule has 0 radical (unpaired) electrons. The van der Waals surface area contributed by atoms with Crippen molar-refractivity contribution < 1.29 is 13.9 Å². The SMILES string of the molecule is C=C1CC[C@@H]2[C@](C)(CC[C@H]3OC=CC[C@]23C)[C@@H]1Cc1c(OC)oc(C)c(C)c1=O. The number of rotatable bonds is 3. The number of methoxy groups -OCH3 is 1. The maximum Gasteiger partial charge on any atom is 0.291 e. The van der Waals surface area contributed by atoms with Gasteiger partial charge in [0.15, 0.2) is 5.43 Å². The zero-order chi connectivity index (χ0) is 21.0. The van der Waals surface area contributed by atoms with Gasteiger partial charge in [-0.25, -0.2) is 0 Å². The van der Waals surface area contributed by atoms with Crippen molar-refractivity contribution in [2.24, 2.45) is 22.7 Å². The normalized spacial score (nSPS) is 36.2. The van der Waals surface area contributed by atoms with E-state index >= 15 is 0 Å². The molecule has 4 rings (SSSR count). The molecule has 2 heterocycles. The van der Waals surface area contributed by atoms with Gasteiger partial charge in [-0.05, 0) is 75.7 Å². The molecule has 2 fully saturated rings. The lowest BCUT2D eigenvalue weighted by atomic mass is 9.45. The molecule has 4 nitrogen and oxygen atoms in total. The Kier molecular flexibility index (Phi) is 4.95. The van der Waals surface area contributed by atoms with Gasteiger partial charge in [0.2, 0.25) is 0 Å². The first-order valence-electron chi connectivity index (χ1n) is 10.9. The van der Waals surface area contributed by atoms with Gasteiger partial charge < -0.3 is 13.9 Å². The molecule has 0 amide bonds. The summed E-state index contributed by atoms with van der Waals surface area (Å²) in [5.74, 6) is 1.77. The second kappa shape index (κ2) is 7.07. The lowest BCUT2D eigenvalue weighted by Crippen LogP contribution is -2.57. The van der Waals surface area contributed by atoms with Crippen molar-refractivity contribution in [3.05, 3.63) is 51.6 Å². The Bertz CT molecular complexity index is 910. The van der Waals surface area contributed by atoms with Crippen LogP contribution < -0.4 is 10.2 Å². The van der Waals surface area contributed by atoms with Crippen LogP contribution in [0.5, 0.6) is 5.95 Å². The Morgan fingerprint density at radius 2 is 2.00 bits per heavy atom. The quantitative estimate of drug-likeness (QED) is 0.631. The third kappa shape index (κ3) is 2.98. The minimum Gasteiger partial charge on any atom is -0.498 e. The summed E-state index contributed by atoms with van der Waals surface area (Å²) < 4.78 is 17.4. The molecule has 0 aromatic carbocycles. The molecule has 0 unspecified atom stereocenters. The summed E-state index contributed by atoms with van der Waals surface area (Å²) in [4.78, 5) is 13.1. The first kappa shape index (κ1) is 20.3. The average Bonchev–Trinajstić information content (AvgIpc) is 2.69. The van der Waals surface area contributed by atoms with Gasteiger partial charge in [-0.1, -0.05) is 26.0 Å². The van der Waals surface area contributed by atoms with E-state index < -0.39 is 0 Å². The summed E-state index contributed by atoms with van der Waals surface area (Å²) >= 11 is 0. The highest BCUT2D eigenvalue weighted by Gasteiger charge is 2.58. The Hall–Kier alpha value is -1.97. The second-order valence-electron chi connectivity index (χ2n) is 9.84. The predicted molar refractivity (Wildman–Crippen MR) is 114 cm³/mol. The van der Waals surface area contributed by atoms with Gasteiger partial charge in [0.25, 0.3) is 5.95 Å². The van der Waals surface area contributed by atoms with E-state index in [0.29, 0.717) is 41.3 Å². The fraction of sp³-hybridized carbons (Fsp3) is 0.640. The standard InChI is InChI=1S/C25H34O4/c1-15-8-9-20-24(4,12-10-21-25(20,5)11-7-13-28-21)19(15)14-18-22(26)16(2)17(3)29-23(18)27-6/h7,13,19-21H,1,8-12,14H2,2-6H3/t19-,20-,21-,24-,25-/m1/s1. The topological polar surface area (TPSA) is 48.7 Å². The highest BCUT2D eigenvalue weighted by atomic mass is 16.6. The monoisotopic (exact) mass is 398 g/mol. The third-order valence-electron chi connectivity index (χ3n) is 8.44. The van der Waals surface area contributed by atoms with Crippen LogP contribution in [-0.2, 0) is 11.2 Å². The van der Waals surface area contributed by atoms with Gasteiger partial charge in [-0.2, -0.15) is 0 Å². The van der Waals surface area contributed by atoms with Crippen LogP contribution in [0.15, 0.2) is 33.7 Å². The molecule has 2 saturated carbocycles. The van der Waals surface area contributed by atoms with E-state index in [-0.39, 0.29) is 22.2 Å². The molecule has 1 aromatic rings. The molecular formula is C25H34O4. The lowest BCUT2D eigenvalue weighted by molar-refractivity contribution is -0.142. The van der Waals surface area contributed by atoms with Crippen LogP contribution in [0.4, 0.5) is 0 Å². The van der Waals surface area contributed by atoms with Crippen LogP contribution in [0.25, 0.3) is 0 Å². The molecule has 4 heteroatoms. The van der Waals surface area contributed by atoms with Crippen LogP contribution >= 0.6 is 0 Å². The molecule has 0 N–H and O–H groups in total. The molecule has 0 saturated heterocycles. The van der Waals surface area contributed by atoms with E-state index in [1.807, 2.05) is 20.1 Å². The van der Waals surface area contributed by atoms with E-state index in [2.05, 4.69) is 26.5 Å². The largest absolute Gasteiger partial charge is 0.498 e. The smallest absolute Gasteiger partial charge is 0.291 e. The van der Waals surface area contributed by atoms with Gasteiger partial charge in [0.1, 0.15) is 11.9 Å². The number of allylic oxidation sites excluding steroid dienone is 2. The number of hydrogen-bond donors (Lipinski definition) is 0. The van der Waals surface area contributed by atoms with Crippen LogP contribution in [0.2, 0.25) is 0 Å². The molecule has 2 aliphatic carbocycles. The first-order valence-corrected chi connectivity index (χ1v) is 10.9. The van der Waals surface area contributed by atoms with E-state index in [1.165, 1.54) is 5.57 Å². The zero-order valence-electron chi connectivity index (χ0n) is 18.5. The Morgan fingerprint density at radius 1 is 1.24 bits per heavy atom. The van der Waals surface area contributed by atoms with Crippen LogP contribution in [-0.4, -0.2) is 13.2 Å². The van der Waals surface area contributed by atoms with Gasteiger partial charge in [-0.3, -0.25) is 4.79 Å². The van der Waals surface area contributed by atoms with Crippen molar-refractivity contribution in [1.29, 1.82) is 0 Å².